The highest BCUT2D eigenvalue weighted by molar-refractivity contribution is 6.17. The number of aliphatic imine (C=N–C) groups is 2. The monoisotopic (exact) mass is 629 g/mol. The molecule has 1 N–H and O–H groups in total. The van der Waals surface area contributed by atoms with Gasteiger partial charge in [-0.05, 0) is 57.1 Å². The third kappa shape index (κ3) is 5.49. The molecule has 1 aliphatic rings. The molecule has 2 heterocycles. The number of fused-ring (bicyclic) bond motifs is 3. The van der Waals surface area contributed by atoms with Gasteiger partial charge in [0.1, 0.15) is 22.8 Å². The van der Waals surface area contributed by atoms with Gasteiger partial charge in [-0.1, -0.05) is 158 Å². The summed E-state index contributed by atoms with van der Waals surface area (Å²) in [6, 6.07) is 61.1. The molecule has 0 aliphatic carbocycles. The standard InChI is InChI=1S/C45H31N3O/c1-3-11-30(12-4-1)31-21-23-32(24-22-31)33-25-27-35(28-26-33)44-46-43(34-13-5-2-6-14-34)47-45(48-44)37-16-9-15-36(29-37)38-18-10-20-41-42(38)39-17-7-8-19-40(39)49-41/h1-29,44H,(H,46,47,48). The van der Waals surface area contributed by atoms with E-state index in [1.165, 1.54) is 16.7 Å². The summed E-state index contributed by atoms with van der Waals surface area (Å²) in [5.74, 6) is 1.58. The van der Waals surface area contributed by atoms with Crippen molar-refractivity contribution in [2.45, 2.75) is 6.17 Å². The second-order valence-electron chi connectivity index (χ2n) is 12.2. The highest BCUT2D eigenvalue weighted by Gasteiger charge is 2.21. The number of hydrogen-bond donors (Lipinski definition) is 1. The van der Waals surface area contributed by atoms with Gasteiger partial charge in [0, 0.05) is 21.9 Å². The number of nitrogens with one attached hydrogen (secondary N) is 1. The SMILES string of the molecule is c1ccc(C2=NC(c3ccc(-c4ccc(-c5ccccc5)cc4)cc3)N=C(c3cccc(-c4cccc5oc6ccccc6c45)c3)N2)cc1. The molecule has 4 nitrogen and oxygen atoms in total. The average molecular weight is 630 g/mol. The van der Waals surface area contributed by atoms with Crippen LogP contribution in [0.2, 0.25) is 0 Å². The highest BCUT2D eigenvalue weighted by Crippen LogP contribution is 2.37. The number of para-hydroxylation sites is 1. The molecule has 1 atom stereocenters. The third-order valence-electron chi connectivity index (χ3n) is 9.17. The van der Waals surface area contributed by atoms with Gasteiger partial charge in [0.25, 0.3) is 0 Å². The Kier molecular flexibility index (Phi) is 7.17. The molecule has 0 fully saturated rings. The second kappa shape index (κ2) is 12.3. The van der Waals surface area contributed by atoms with E-state index >= 15 is 0 Å². The molecule has 1 unspecified atom stereocenters. The van der Waals surface area contributed by atoms with E-state index in [1.54, 1.807) is 0 Å². The van der Waals surface area contributed by atoms with Gasteiger partial charge in [-0.2, -0.15) is 0 Å². The molecule has 9 rings (SSSR count). The maximum Gasteiger partial charge on any atom is 0.169 e. The molecule has 1 aromatic heterocycles. The smallest absolute Gasteiger partial charge is 0.169 e. The third-order valence-corrected chi connectivity index (χ3v) is 9.17. The van der Waals surface area contributed by atoms with Crippen LogP contribution in [0.4, 0.5) is 0 Å². The van der Waals surface area contributed by atoms with Crippen LogP contribution in [0.15, 0.2) is 190 Å². The Labute approximate surface area is 284 Å². The summed E-state index contributed by atoms with van der Waals surface area (Å²) < 4.78 is 6.20. The quantitative estimate of drug-likeness (QED) is 0.199. The first kappa shape index (κ1) is 28.7. The first-order valence-corrected chi connectivity index (χ1v) is 16.5. The van der Waals surface area contributed by atoms with Crippen molar-refractivity contribution >= 4 is 33.6 Å². The fourth-order valence-corrected chi connectivity index (χ4v) is 6.67. The molecule has 0 bridgehead atoms. The van der Waals surface area contributed by atoms with Crippen molar-refractivity contribution in [1.82, 2.24) is 5.32 Å². The van der Waals surface area contributed by atoms with Gasteiger partial charge in [-0.25, -0.2) is 9.98 Å². The van der Waals surface area contributed by atoms with E-state index in [1.807, 2.05) is 42.5 Å². The Morgan fingerprint density at radius 3 is 1.63 bits per heavy atom. The first-order chi connectivity index (χ1) is 24.3. The van der Waals surface area contributed by atoms with Crippen molar-refractivity contribution in [2.75, 3.05) is 0 Å². The lowest BCUT2D eigenvalue weighted by Crippen LogP contribution is -2.36. The van der Waals surface area contributed by atoms with E-state index in [0.717, 1.165) is 67.0 Å². The van der Waals surface area contributed by atoms with Crippen LogP contribution in [-0.2, 0) is 0 Å². The van der Waals surface area contributed by atoms with E-state index in [0.29, 0.717) is 0 Å². The molecule has 232 valence electrons. The predicted molar refractivity (Wildman–Crippen MR) is 202 cm³/mol. The van der Waals surface area contributed by atoms with E-state index < -0.39 is 6.17 Å². The van der Waals surface area contributed by atoms with E-state index in [9.17, 15) is 0 Å². The Morgan fingerprint density at radius 2 is 0.918 bits per heavy atom. The molecule has 0 amide bonds. The molecule has 0 radical (unpaired) electrons. The summed E-state index contributed by atoms with van der Waals surface area (Å²) >= 11 is 0. The average Bonchev–Trinajstić information content (AvgIpc) is 3.58. The van der Waals surface area contributed by atoms with Crippen molar-refractivity contribution in [3.63, 3.8) is 0 Å². The molecular formula is C45H31N3O. The minimum Gasteiger partial charge on any atom is -0.456 e. The van der Waals surface area contributed by atoms with Crippen molar-refractivity contribution in [1.29, 1.82) is 0 Å². The largest absolute Gasteiger partial charge is 0.456 e. The van der Waals surface area contributed by atoms with Crippen LogP contribution in [0.1, 0.15) is 22.9 Å². The van der Waals surface area contributed by atoms with E-state index in [-0.39, 0.29) is 0 Å². The zero-order valence-corrected chi connectivity index (χ0v) is 26.6. The number of furan rings is 1. The van der Waals surface area contributed by atoms with Crippen LogP contribution in [0.5, 0.6) is 0 Å². The molecule has 1 aliphatic heterocycles. The maximum atomic E-state index is 6.20. The second-order valence-corrected chi connectivity index (χ2v) is 12.2. The van der Waals surface area contributed by atoms with Crippen molar-refractivity contribution in [3.8, 4) is 33.4 Å². The van der Waals surface area contributed by atoms with Gasteiger partial charge in [0.2, 0.25) is 0 Å². The van der Waals surface area contributed by atoms with Gasteiger partial charge in [-0.3, -0.25) is 0 Å². The Morgan fingerprint density at radius 1 is 0.408 bits per heavy atom. The summed E-state index contributed by atoms with van der Waals surface area (Å²) in [6.07, 6.45) is -0.397. The van der Waals surface area contributed by atoms with Crippen molar-refractivity contribution < 1.29 is 4.42 Å². The number of benzene rings is 7. The Balaban J connectivity index is 1.07. The molecule has 0 spiro atoms. The zero-order valence-electron chi connectivity index (χ0n) is 26.6. The van der Waals surface area contributed by atoms with Crippen LogP contribution in [-0.4, -0.2) is 11.7 Å². The highest BCUT2D eigenvalue weighted by atomic mass is 16.3. The van der Waals surface area contributed by atoms with Crippen LogP contribution in [0.25, 0.3) is 55.3 Å². The van der Waals surface area contributed by atoms with Crippen LogP contribution >= 0.6 is 0 Å². The van der Waals surface area contributed by atoms with Crippen LogP contribution < -0.4 is 5.32 Å². The van der Waals surface area contributed by atoms with Gasteiger partial charge in [-0.15, -0.1) is 0 Å². The first-order valence-electron chi connectivity index (χ1n) is 16.5. The van der Waals surface area contributed by atoms with Gasteiger partial charge in [0.15, 0.2) is 6.17 Å². The summed E-state index contributed by atoms with van der Waals surface area (Å²) in [5.41, 5.74) is 11.8. The summed E-state index contributed by atoms with van der Waals surface area (Å²) in [7, 11) is 0. The molecule has 0 saturated carbocycles. The van der Waals surface area contributed by atoms with Gasteiger partial charge in [0.05, 0.1) is 0 Å². The molecule has 7 aromatic carbocycles. The fraction of sp³-hybridized carbons (Fsp3) is 0.0222. The van der Waals surface area contributed by atoms with Gasteiger partial charge >= 0.3 is 0 Å². The minimum absolute atomic E-state index is 0.397. The Hall–Kier alpha value is -6.52. The van der Waals surface area contributed by atoms with Gasteiger partial charge < -0.3 is 9.73 Å². The summed E-state index contributed by atoms with van der Waals surface area (Å²) in [6.45, 7) is 0. The van der Waals surface area contributed by atoms with Crippen molar-refractivity contribution in [2.24, 2.45) is 9.98 Å². The summed E-state index contributed by atoms with van der Waals surface area (Å²) in [4.78, 5) is 10.3. The minimum atomic E-state index is -0.397. The zero-order chi connectivity index (χ0) is 32.6. The predicted octanol–water partition coefficient (Wildman–Crippen LogP) is 11.1. The number of hydrogen-bond acceptors (Lipinski definition) is 4. The van der Waals surface area contributed by atoms with Crippen LogP contribution in [0.3, 0.4) is 0 Å². The molecule has 49 heavy (non-hydrogen) atoms. The molecule has 8 aromatic rings. The fourth-order valence-electron chi connectivity index (χ4n) is 6.67. The molecule has 0 saturated heterocycles. The lowest BCUT2D eigenvalue weighted by atomic mass is 9.97. The van der Waals surface area contributed by atoms with Crippen molar-refractivity contribution in [3.05, 3.63) is 193 Å². The van der Waals surface area contributed by atoms with Crippen LogP contribution in [0, 0.1) is 0 Å². The van der Waals surface area contributed by atoms with E-state index in [2.05, 4.69) is 139 Å². The Bertz CT molecular complexity index is 2490. The maximum absolute atomic E-state index is 6.20. The summed E-state index contributed by atoms with van der Waals surface area (Å²) in [5, 5.41) is 5.79. The lowest BCUT2D eigenvalue weighted by Gasteiger charge is -2.23. The number of nitrogens with zero attached hydrogens (tertiary/aromatic N) is 2. The molecule has 4 heteroatoms. The topological polar surface area (TPSA) is 49.9 Å². The molecular weight excluding hydrogens is 599 g/mol. The van der Waals surface area contributed by atoms with E-state index in [4.69, 9.17) is 14.4 Å². The number of rotatable bonds is 6. The number of amidine groups is 2. The normalized spacial score (nSPS) is 14.3. The lowest BCUT2D eigenvalue weighted by molar-refractivity contribution is 0.669.